The highest BCUT2D eigenvalue weighted by Gasteiger charge is 2.23. The molecule has 0 aliphatic carbocycles. The number of aromatic nitrogens is 2. The number of nitrogens with one attached hydrogen (secondary N) is 1. The van der Waals surface area contributed by atoms with Crippen molar-refractivity contribution < 1.29 is 14.3 Å². The molecule has 0 aliphatic rings. The van der Waals surface area contributed by atoms with E-state index in [1.165, 1.54) is 12.8 Å². The van der Waals surface area contributed by atoms with Gasteiger partial charge in [-0.15, -0.1) is 0 Å². The first-order chi connectivity index (χ1) is 17.0. The Balaban J connectivity index is 2.17. The minimum absolute atomic E-state index is 0.0408. The average Bonchev–Trinajstić information content (AvgIpc) is 3.25. The summed E-state index contributed by atoms with van der Waals surface area (Å²) in [5.41, 5.74) is 1.50. The van der Waals surface area contributed by atoms with E-state index in [2.05, 4.69) is 46.9 Å². The van der Waals surface area contributed by atoms with Gasteiger partial charge in [0.05, 0.1) is 25.0 Å². The van der Waals surface area contributed by atoms with Crippen molar-refractivity contribution in [2.24, 2.45) is 5.92 Å². The molecule has 7 heteroatoms. The molecule has 1 heterocycles. The molecule has 0 atom stereocenters. The fourth-order valence-electron chi connectivity index (χ4n) is 3.86. The highest BCUT2D eigenvalue weighted by atomic mass is 16.5. The molecule has 0 spiro atoms. The van der Waals surface area contributed by atoms with Gasteiger partial charge in [-0.25, -0.2) is 4.68 Å². The number of benzene rings is 1. The van der Waals surface area contributed by atoms with Gasteiger partial charge in [0.2, 0.25) is 11.8 Å². The summed E-state index contributed by atoms with van der Waals surface area (Å²) >= 11 is 0. The first kappa shape index (κ1) is 29.4. The van der Waals surface area contributed by atoms with Gasteiger partial charge in [-0.05, 0) is 43.0 Å². The fourth-order valence-corrected chi connectivity index (χ4v) is 3.86. The van der Waals surface area contributed by atoms with Gasteiger partial charge in [-0.2, -0.15) is 5.10 Å². The van der Waals surface area contributed by atoms with E-state index in [9.17, 15) is 9.59 Å². The summed E-state index contributed by atoms with van der Waals surface area (Å²) in [6.07, 6.45) is 6.82. The number of amides is 2. The van der Waals surface area contributed by atoms with Crippen molar-refractivity contribution in [3.05, 3.63) is 36.0 Å². The van der Waals surface area contributed by atoms with Crippen molar-refractivity contribution >= 4 is 17.6 Å². The zero-order valence-electron chi connectivity index (χ0n) is 23.4. The predicted octanol–water partition coefficient (Wildman–Crippen LogP) is 6.35. The second-order valence-electron chi connectivity index (χ2n) is 11.0. The fraction of sp³-hybridized carbons (Fsp3) is 0.621. The highest BCUT2D eigenvalue weighted by Crippen LogP contribution is 2.27. The van der Waals surface area contributed by atoms with Crippen LogP contribution in [-0.2, 0) is 15.0 Å². The second kappa shape index (κ2) is 14.0. The van der Waals surface area contributed by atoms with Crippen LogP contribution in [0, 0.1) is 5.92 Å². The van der Waals surface area contributed by atoms with E-state index in [1.54, 1.807) is 16.7 Å². The molecule has 1 aromatic carbocycles. The SMILES string of the molecule is CCCCCCCC(=O)N(CCC(C)C)CC(=O)Nc1cc(C(C)(C)C)nn1-c1ccc(OC)cc1. The first-order valence-electron chi connectivity index (χ1n) is 13.4. The third-order valence-corrected chi connectivity index (χ3v) is 6.22. The van der Waals surface area contributed by atoms with E-state index in [0.717, 1.165) is 42.8 Å². The van der Waals surface area contributed by atoms with Crippen molar-refractivity contribution in [2.75, 3.05) is 25.5 Å². The molecule has 7 nitrogen and oxygen atoms in total. The van der Waals surface area contributed by atoms with E-state index in [4.69, 9.17) is 9.84 Å². The molecule has 0 saturated carbocycles. The number of nitrogens with zero attached hydrogens (tertiary/aromatic N) is 3. The molecule has 0 radical (unpaired) electrons. The van der Waals surface area contributed by atoms with Crippen LogP contribution >= 0.6 is 0 Å². The number of rotatable bonds is 14. The lowest BCUT2D eigenvalue weighted by Gasteiger charge is -2.23. The number of hydrogen-bond donors (Lipinski definition) is 1. The van der Waals surface area contributed by atoms with Gasteiger partial charge >= 0.3 is 0 Å². The summed E-state index contributed by atoms with van der Waals surface area (Å²) in [7, 11) is 1.63. The van der Waals surface area contributed by atoms with E-state index in [1.807, 2.05) is 30.3 Å². The maximum Gasteiger partial charge on any atom is 0.245 e. The molecule has 2 amide bonds. The summed E-state index contributed by atoms with van der Waals surface area (Å²) in [4.78, 5) is 27.9. The van der Waals surface area contributed by atoms with Crippen molar-refractivity contribution in [2.45, 2.75) is 91.9 Å². The average molecular weight is 499 g/mol. The van der Waals surface area contributed by atoms with Gasteiger partial charge < -0.3 is 15.0 Å². The summed E-state index contributed by atoms with van der Waals surface area (Å²) < 4.78 is 7.02. The van der Waals surface area contributed by atoms with E-state index in [0.29, 0.717) is 24.7 Å². The maximum atomic E-state index is 13.2. The lowest BCUT2D eigenvalue weighted by molar-refractivity contribution is -0.135. The van der Waals surface area contributed by atoms with Gasteiger partial charge in [0.1, 0.15) is 11.6 Å². The van der Waals surface area contributed by atoms with Gasteiger partial charge in [0, 0.05) is 24.4 Å². The van der Waals surface area contributed by atoms with Crippen LogP contribution in [0.25, 0.3) is 5.69 Å². The molecule has 2 aromatic rings. The molecule has 2 rings (SSSR count). The summed E-state index contributed by atoms with van der Waals surface area (Å²) in [6, 6.07) is 9.46. The summed E-state index contributed by atoms with van der Waals surface area (Å²) in [6.45, 7) is 13.3. The summed E-state index contributed by atoms with van der Waals surface area (Å²) in [5.74, 6) is 1.64. The van der Waals surface area contributed by atoms with Crippen molar-refractivity contribution in [3.63, 3.8) is 0 Å². The molecule has 0 aliphatic heterocycles. The number of carbonyl (C=O) groups excluding carboxylic acids is 2. The largest absolute Gasteiger partial charge is 0.497 e. The van der Waals surface area contributed by atoms with Crippen molar-refractivity contribution in [3.8, 4) is 11.4 Å². The Labute approximate surface area is 217 Å². The molecule has 0 saturated heterocycles. The Kier molecular flexibility index (Phi) is 11.5. The summed E-state index contributed by atoms with van der Waals surface area (Å²) in [5, 5.41) is 7.80. The van der Waals surface area contributed by atoms with Crippen LogP contribution in [0.4, 0.5) is 5.82 Å². The number of hydrogen-bond acceptors (Lipinski definition) is 4. The Morgan fingerprint density at radius 2 is 1.75 bits per heavy atom. The normalized spacial score (nSPS) is 11.6. The minimum Gasteiger partial charge on any atom is -0.497 e. The van der Waals surface area contributed by atoms with Gasteiger partial charge in [0.25, 0.3) is 0 Å². The number of methoxy groups -OCH3 is 1. The third kappa shape index (κ3) is 9.32. The van der Waals surface area contributed by atoms with Crippen molar-refractivity contribution in [1.82, 2.24) is 14.7 Å². The van der Waals surface area contributed by atoms with E-state index in [-0.39, 0.29) is 23.8 Å². The Bertz CT molecular complexity index is 958. The molecule has 36 heavy (non-hydrogen) atoms. The van der Waals surface area contributed by atoms with Crippen LogP contribution in [0.2, 0.25) is 0 Å². The van der Waals surface area contributed by atoms with Crippen LogP contribution in [0.15, 0.2) is 30.3 Å². The first-order valence-corrected chi connectivity index (χ1v) is 13.4. The molecular formula is C29H46N4O3. The number of ether oxygens (including phenoxy) is 1. The van der Waals surface area contributed by atoms with Crippen LogP contribution in [0.1, 0.15) is 92.2 Å². The topological polar surface area (TPSA) is 76.5 Å². The molecule has 0 fully saturated rings. The zero-order chi connectivity index (χ0) is 26.7. The van der Waals surface area contributed by atoms with Crippen LogP contribution in [-0.4, -0.2) is 46.7 Å². The predicted molar refractivity (Wildman–Crippen MR) is 147 cm³/mol. The molecular weight excluding hydrogens is 452 g/mol. The van der Waals surface area contributed by atoms with Gasteiger partial charge in [-0.1, -0.05) is 67.2 Å². The van der Waals surface area contributed by atoms with Crippen LogP contribution in [0.3, 0.4) is 0 Å². The Hall–Kier alpha value is -2.83. The Morgan fingerprint density at radius 3 is 2.33 bits per heavy atom. The molecule has 0 unspecified atom stereocenters. The molecule has 0 bridgehead atoms. The quantitative estimate of drug-likeness (QED) is 0.308. The monoisotopic (exact) mass is 498 g/mol. The third-order valence-electron chi connectivity index (χ3n) is 6.22. The highest BCUT2D eigenvalue weighted by molar-refractivity contribution is 5.94. The Morgan fingerprint density at radius 1 is 1.08 bits per heavy atom. The number of anilines is 1. The second-order valence-corrected chi connectivity index (χ2v) is 11.0. The zero-order valence-corrected chi connectivity index (χ0v) is 23.4. The molecule has 200 valence electrons. The van der Waals surface area contributed by atoms with Crippen LogP contribution < -0.4 is 10.1 Å². The smallest absolute Gasteiger partial charge is 0.245 e. The standard InChI is InChI=1S/C29H46N4O3/c1-8-9-10-11-12-13-28(35)32(19-18-22(2)3)21-27(34)30-26-20-25(29(4,5)6)31-33(26)23-14-16-24(36-7)17-15-23/h14-17,20,22H,8-13,18-19,21H2,1-7H3,(H,30,34). The lowest BCUT2D eigenvalue weighted by atomic mass is 9.92. The van der Waals surface area contributed by atoms with E-state index < -0.39 is 0 Å². The van der Waals surface area contributed by atoms with Crippen LogP contribution in [0.5, 0.6) is 5.75 Å². The van der Waals surface area contributed by atoms with Crippen molar-refractivity contribution in [1.29, 1.82) is 0 Å². The number of carbonyl (C=O) groups is 2. The van der Waals surface area contributed by atoms with Gasteiger partial charge in [-0.3, -0.25) is 9.59 Å². The minimum atomic E-state index is -0.215. The molecule has 1 aromatic heterocycles. The van der Waals surface area contributed by atoms with Gasteiger partial charge in [0.15, 0.2) is 0 Å². The number of unbranched alkanes of at least 4 members (excludes halogenated alkanes) is 4. The lowest BCUT2D eigenvalue weighted by Crippen LogP contribution is -2.39. The maximum absolute atomic E-state index is 13.2. The van der Waals surface area contributed by atoms with E-state index >= 15 is 0 Å². The molecule has 1 N–H and O–H groups in total.